The van der Waals surface area contributed by atoms with Crippen LogP contribution in [-0.4, -0.2) is 35.1 Å². The number of fused-ring (bicyclic) bond motifs is 5. The van der Waals surface area contributed by atoms with E-state index in [0.29, 0.717) is 29.1 Å². The van der Waals surface area contributed by atoms with E-state index in [0.717, 1.165) is 48.6 Å². The Morgan fingerprint density at radius 3 is 2.65 bits per heavy atom. The Kier molecular flexibility index (Phi) is 5.19. The average molecular weight is 472 g/mol. The molecule has 2 aromatic carbocycles. The van der Waals surface area contributed by atoms with Gasteiger partial charge in [-0.05, 0) is 49.1 Å². The number of piperidine rings is 1. The Labute approximate surface area is 203 Å². The third kappa shape index (κ3) is 3.69. The normalized spacial score (nSPS) is 22.7. The highest BCUT2D eigenvalue weighted by atomic mass is 35.5. The van der Waals surface area contributed by atoms with Gasteiger partial charge in [-0.15, -0.1) is 0 Å². The molecule has 3 aliphatic rings. The Balaban J connectivity index is 1.31. The molecular formula is C28H26ClN3O2. The molecule has 1 aromatic heterocycles. The summed E-state index contributed by atoms with van der Waals surface area (Å²) >= 11 is 6.35. The molecule has 34 heavy (non-hydrogen) atoms. The van der Waals surface area contributed by atoms with Crippen molar-refractivity contribution in [1.29, 1.82) is 0 Å². The Bertz CT molecular complexity index is 1380. The summed E-state index contributed by atoms with van der Waals surface area (Å²) in [5, 5.41) is 0.622. The van der Waals surface area contributed by atoms with Gasteiger partial charge in [-0.25, -0.2) is 0 Å². The fraction of sp³-hybridized carbons (Fsp3) is 0.286. The number of aryl methyl sites for hydroxylation is 1. The van der Waals surface area contributed by atoms with Gasteiger partial charge in [-0.1, -0.05) is 53.6 Å². The van der Waals surface area contributed by atoms with Gasteiger partial charge in [-0.2, -0.15) is 0 Å². The molecule has 0 N–H and O–H groups in total. The van der Waals surface area contributed by atoms with Crippen molar-refractivity contribution in [3.63, 3.8) is 0 Å². The first-order valence-electron chi connectivity index (χ1n) is 11.8. The van der Waals surface area contributed by atoms with Gasteiger partial charge < -0.3 is 4.57 Å². The molecule has 3 aliphatic heterocycles. The van der Waals surface area contributed by atoms with Gasteiger partial charge in [-0.3, -0.25) is 19.4 Å². The van der Waals surface area contributed by atoms with Crippen LogP contribution in [0.5, 0.6) is 0 Å². The van der Waals surface area contributed by atoms with E-state index in [2.05, 4.69) is 30.0 Å². The lowest BCUT2D eigenvalue weighted by Crippen LogP contribution is -2.50. The number of benzene rings is 2. The topological polar surface area (TPSA) is 45.6 Å². The number of carbonyl (C=O) groups excluding carboxylic acids is 1. The number of carbonyl (C=O) groups is 1. The van der Waals surface area contributed by atoms with E-state index in [1.165, 1.54) is 5.56 Å². The Hall–Kier alpha value is -3.15. The molecule has 1 fully saturated rings. The zero-order chi connectivity index (χ0) is 23.4. The first-order valence-corrected chi connectivity index (χ1v) is 12.2. The molecule has 1 saturated heterocycles. The molecule has 2 bridgehead atoms. The number of nitrogens with zero attached hydrogens (tertiary/aromatic N) is 3. The quantitative estimate of drug-likeness (QED) is 0.517. The lowest BCUT2D eigenvalue weighted by atomic mass is 9.83. The zero-order valence-corrected chi connectivity index (χ0v) is 19.8. The standard InChI is InChI=1S/C28H26ClN3O2/c1-18-5-7-19(8-6-18)12-24-23-10-9-22(29)13-26(23)32(28(24)34)17-30-14-20-11-21(16-30)25-3-2-4-27(33)31(25)15-20/h2-10,12-13,20-21H,11,14-17H2,1H3/b24-12-. The fourth-order valence-electron chi connectivity index (χ4n) is 5.75. The molecule has 1 amide bonds. The van der Waals surface area contributed by atoms with Crippen molar-refractivity contribution in [3.05, 3.63) is 98.4 Å². The third-order valence-electron chi connectivity index (χ3n) is 7.30. The zero-order valence-electron chi connectivity index (χ0n) is 19.1. The number of hydrogen-bond donors (Lipinski definition) is 0. The molecule has 3 aromatic rings. The van der Waals surface area contributed by atoms with E-state index < -0.39 is 0 Å². The second-order valence-corrected chi connectivity index (χ2v) is 10.2. The molecule has 2 unspecified atom stereocenters. The summed E-state index contributed by atoms with van der Waals surface area (Å²) in [6, 6.07) is 19.5. The summed E-state index contributed by atoms with van der Waals surface area (Å²) in [5.74, 6) is 0.719. The van der Waals surface area contributed by atoms with Gasteiger partial charge in [0.05, 0.1) is 12.4 Å². The number of hydrogen-bond acceptors (Lipinski definition) is 3. The smallest absolute Gasteiger partial charge is 0.260 e. The van der Waals surface area contributed by atoms with E-state index in [1.54, 1.807) is 6.07 Å². The maximum atomic E-state index is 13.7. The lowest BCUT2D eigenvalue weighted by molar-refractivity contribution is -0.113. The highest BCUT2D eigenvalue weighted by Crippen LogP contribution is 2.41. The van der Waals surface area contributed by atoms with Gasteiger partial charge >= 0.3 is 0 Å². The number of rotatable bonds is 3. The minimum atomic E-state index is 0.00481. The van der Waals surface area contributed by atoms with Gasteiger partial charge in [0.2, 0.25) is 0 Å². The van der Waals surface area contributed by atoms with Gasteiger partial charge in [0.25, 0.3) is 11.5 Å². The molecule has 4 heterocycles. The number of amides is 1. The van der Waals surface area contributed by atoms with E-state index >= 15 is 0 Å². The SMILES string of the molecule is Cc1ccc(/C=C2\C(=O)N(CN3CC4CC(C3)c3cccc(=O)n3C4)c3cc(Cl)ccc32)cc1. The number of anilines is 1. The second kappa shape index (κ2) is 8.26. The van der Waals surface area contributed by atoms with Crippen molar-refractivity contribution in [2.24, 2.45) is 5.92 Å². The molecule has 6 heteroatoms. The van der Waals surface area contributed by atoms with Crippen molar-refractivity contribution in [1.82, 2.24) is 9.47 Å². The number of aromatic nitrogens is 1. The van der Waals surface area contributed by atoms with E-state index in [1.807, 2.05) is 51.9 Å². The van der Waals surface area contributed by atoms with E-state index in [-0.39, 0.29) is 11.5 Å². The second-order valence-electron chi connectivity index (χ2n) is 9.74. The van der Waals surface area contributed by atoms with Crippen molar-refractivity contribution < 1.29 is 4.79 Å². The lowest BCUT2D eigenvalue weighted by Gasteiger charge is -2.43. The van der Waals surface area contributed by atoms with Crippen LogP contribution in [0.15, 0.2) is 65.5 Å². The van der Waals surface area contributed by atoms with E-state index in [9.17, 15) is 9.59 Å². The molecular weight excluding hydrogens is 446 g/mol. The van der Waals surface area contributed by atoms with Crippen molar-refractivity contribution in [2.45, 2.75) is 25.8 Å². The summed E-state index contributed by atoms with van der Waals surface area (Å²) < 4.78 is 1.94. The van der Waals surface area contributed by atoms with Crippen LogP contribution in [0.3, 0.4) is 0 Å². The van der Waals surface area contributed by atoms with Crippen LogP contribution in [0.1, 0.15) is 34.7 Å². The number of likely N-dealkylation sites (tertiary alicyclic amines) is 1. The summed E-state index contributed by atoms with van der Waals surface area (Å²) in [4.78, 5) is 30.2. The van der Waals surface area contributed by atoms with Crippen molar-refractivity contribution >= 4 is 34.8 Å². The van der Waals surface area contributed by atoms with Gasteiger partial charge in [0.1, 0.15) is 0 Å². The van der Waals surface area contributed by atoms with Crippen LogP contribution in [0.2, 0.25) is 5.02 Å². The van der Waals surface area contributed by atoms with Crippen LogP contribution in [0.4, 0.5) is 5.69 Å². The highest BCUT2D eigenvalue weighted by Gasteiger charge is 2.38. The van der Waals surface area contributed by atoms with E-state index in [4.69, 9.17) is 11.6 Å². The van der Waals surface area contributed by atoms with Crippen LogP contribution in [-0.2, 0) is 11.3 Å². The predicted octanol–water partition coefficient (Wildman–Crippen LogP) is 4.77. The third-order valence-corrected chi connectivity index (χ3v) is 7.54. The maximum Gasteiger partial charge on any atom is 0.260 e. The molecule has 2 atom stereocenters. The highest BCUT2D eigenvalue weighted by molar-refractivity contribution is 6.37. The average Bonchev–Trinajstić information content (AvgIpc) is 3.06. The predicted molar refractivity (Wildman–Crippen MR) is 136 cm³/mol. The van der Waals surface area contributed by atoms with Crippen molar-refractivity contribution in [2.75, 3.05) is 24.7 Å². The molecule has 6 rings (SSSR count). The molecule has 0 spiro atoms. The van der Waals surface area contributed by atoms with Crippen molar-refractivity contribution in [3.8, 4) is 0 Å². The summed E-state index contributed by atoms with van der Waals surface area (Å²) in [5.41, 5.74) is 5.88. The minimum absolute atomic E-state index is 0.00481. The summed E-state index contributed by atoms with van der Waals surface area (Å²) in [7, 11) is 0. The van der Waals surface area contributed by atoms with Gasteiger partial charge in [0, 0.05) is 53.5 Å². The van der Waals surface area contributed by atoms with Crippen LogP contribution in [0, 0.1) is 12.8 Å². The first kappa shape index (κ1) is 21.4. The largest absolute Gasteiger partial charge is 0.312 e. The van der Waals surface area contributed by atoms with Crippen LogP contribution < -0.4 is 10.5 Å². The number of pyridine rings is 1. The van der Waals surface area contributed by atoms with Gasteiger partial charge in [0.15, 0.2) is 0 Å². The maximum absolute atomic E-state index is 13.7. The molecule has 0 aliphatic carbocycles. The fourth-order valence-corrected chi connectivity index (χ4v) is 5.91. The summed E-state index contributed by atoms with van der Waals surface area (Å²) in [6.45, 7) is 5.02. The van der Waals surface area contributed by atoms with Crippen LogP contribution >= 0.6 is 11.6 Å². The first-order chi connectivity index (χ1) is 16.5. The molecule has 172 valence electrons. The molecule has 5 nitrogen and oxygen atoms in total. The minimum Gasteiger partial charge on any atom is -0.312 e. The monoisotopic (exact) mass is 471 g/mol. The molecule has 0 saturated carbocycles. The Morgan fingerprint density at radius 2 is 1.82 bits per heavy atom. The van der Waals surface area contributed by atoms with Crippen LogP contribution in [0.25, 0.3) is 11.6 Å². The Morgan fingerprint density at radius 1 is 1.00 bits per heavy atom. The summed E-state index contributed by atoms with van der Waals surface area (Å²) in [6.07, 6.45) is 3.07. The molecule has 0 radical (unpaired) electrons. The number of halogens is 1.